The Morgan fingerprint density at radius 3 is 1.28 bits per heavy atom. The lowest BCUT2D eigenvalue weighted by molar-refractivity contribution is 0.415. The van der Waals surface area contributed by atoms with Gasteiger partial charge in [-0.3, -0.25) is 0 Å². The molecule has 158 valence electrons. The van der Waals surface area contributed by atoms with Crippen LogP contribution < -0.4 is 14.4 Å². The minimum Gasteiger partial charge on any atom is -0.497 e. The number of nitrogens with zero attached hydrogens (tertiary/aromatic N) is 1. The van der Waals surface area contributed by atoms with Crippen LogP contribution in [-0.4, -0.2) is 14.2 Å². The number of hydrogen-bond donors (Lipinski definition) is 0. The summed E-state index contributed by atoms with van der Waals surface area (Å²) in [6, 6.07) is 33.4. The van der Waals surface area contributed by atoms with Gasteiger partial charge in [-0.25, -0.2) is 0 Å². The fraction of sp³-hybridized carbons (Fsp3) is 0.0714. The van der Waals surface area contributed by atoms with Crippen molar-refractivity contribution in [3.8, 4) is 11.5 Å². The number of hydrogen-bond acceptors (Lipinski definition) is 3. The monoisotopic (exact) mass is 483 g/mol. The van der Waals surface area contributed by atoms with Crippen LogP contribution >= 0.6 is 15.9 Å². The molecule has 0 saturated heterocycles. The molecule has 0 amide bonds. The highest BCUT2D eigenvalue weighted by Gasteiger charge is 2.20. The summed E-state index contributed by atoms with van der Waals surface area (Å²) >= 11 is 3.86. The van der Waals surface area contributed by atoms with Gasteiger partial charge < -0.3 is 14.4 Å². The lowest BCUT2D eigenvalue weighted by atomic mass is 9.99. The Labute approximate surface area is 195 Å². The van der Waals surface area contributed by atoms with Crippen molar-refractivity contribution in [1.29, 1.82) is 0 Å². The SMILES string of the molecule is COc1ccc(N(c2ccc(OC)cc2)c2c3ccccc3c(Br)c3ccccc23)cc1. The summed E-state index contributed by atoms with van der Waals surface area (Å²) in [6.07, 6.45) is 0. The van der Waals surface area contributed by atoms with Crippen LogP contribution in [0.15, 0.2) is 102 Å². The van der Waals surface area contributed by atoms with Crippen molar-refractivity contribution >= 4 is 54.5 Å². The fourth-order valence-corrected chi connectivity index (χ4v) is 4.85. The Kier molecular flexibility index (Phi) is 5.46. The molecule has 0 atom stereocenters. The van der Waals surface area contributed by atoms with Crippen LogP contribution in [-0.2, 0) is 0 Å². The summed E-state index contributed by atoms with van der Waals surface area (Å²) in [5, 5.41) is 4.69. The Morgan fingerprint density at radius 1 is 0.531 bits per heavy atom. The van der Waals surface area contributed by atoms with E-state index in [0.29, 0.717) is 0 Å². The van der Waals surface area contributed by atoms with Crippen LogP contribution in [0, 0.1) is 0 Å². The predicted molar refractivity (Wildman–Crippen MR) is 137 cm³/mol. The van der Waals surface area contributed by atoms with E-state index in [1.165, 1.54) is 21.5 Å². The number of ether oxygens (including phenoxy) is 2. The van der Waals surface area contributed by atoms with Crippen molar-refractivity contribution in [2.45, 2.75) is 0 Å². The molecule has 0 spiro atoms. The second-order valence-electron chi connectivity index (χ2n) is 7.49. The van der Waals surface area contributed by atoms with Crippen LogP contribution in [0.5, 0.6) is 11.5 Å². The molecular weight excluding hydrogens is 462 g/mol. The van der Waals surface area contributed by atoms with Gasteiger partial charge in [0, 0.05) is 26.6 Å². The predicted octanol–water partition coefficient (Wildman–Crippen LogP) is 8.24. The minimum atomic E-state index is 0.828. The smallest absolute Gasteiger partial charge is 0.119 e. The molecule has 0 aromatic heterocycles. The molecule has 5 rings (SSSR count). The fourth-order valence-electron chi connectivity index (χ4n) is 4.16. The zero-order chi connectivity index (χ0) is 22.1. The van der Waals surface area contributed by atoms with Gasteiger partial charge in [-0.1, -0.05) is 48.5 Å². The van der Waals surface area contributed by atoms with Crippen LogP contribution in [0.4, 0.5) is 17.1 Å². The third-order valence-electron chi connectivity index (χ3n) is 5.72. The standard InChI is InChI=1S/C28H22BrNO2/c1-31-21-15-11-19(12-16-21)30(20-13-17-22(32-2)18-14-20)28-25-9-5-3-7-23(25)27(29)24-8-4-6-10-26(24)28/h3-18H,1-2H3. The number of fused-ring (bicyclic) bond motifs is 2. The number of anilines is 3. The highest BCUT2D eigenvalue weighted by molar-refractivity contribution is 9.10. The first-order valence-electron chi connectivity index (χ1n) is 10.4. The first-order chi connectivity index (χ1) is 15.7. The molecule has 0 bridgehead atoms. The van der Waals surface area contributed by atoms with E-state index in [1.54, 1.807) is 14.2 Å². The summed E-state index contributed by atoms with van der Waals surface area (Å²) in [5.41, 5.74) is 3.23. The molecule has 0 aliphatic carbocycles. The quantitative estimate of drug-likeness (QED) is 0.235. The third-order valence-corrected chi connectivity index (χ3v) is 6.58. The van der Waals surface area contributed by atoms with Crippen LogP contribution in [0.25, 0.3) is 21.5 Å². The highest BCUT2D eigenvalue weighted by Crippen LogP contribution is 2.46. The van der Waals surface area contributed by atoms with Crippen molar-refractivity contribution < 1.29 is 9.47 Å². The first kappa shape index (κ1) is 20.4. The highest BCUT2D eigenvalue weighted by atomic mass is 79.9. The van der Waals surface area contributed by atoms with Gasteiger partial charge in [0.25, 0.3) is 0 Å². The van der Waals surface area contributed by atoms with E-state index in [9.17, 15) is 0 Å². The second kappa shape index (κ2) is 8.56. The molecule has 0 heterocycles. The van der Waals surface area contributed by atoms with Gasteiger partial charge >= 0.3 is 0 Å². The normalized spacial score (nSPS) is 11.0. The van der Waals surface area contributed by atoms with Gasteiger partial charge in [0.1, 0.15) is 11.5 Å². The van der Waals surface area contributed by atoms with E-state index < -0.39 is 0 Å². The second-order valence-corrected chi connectivity index (χ2v) is 8.28. The van der Waals surface area contributed by atoms with E-state index in [4.69, 9.17) is 9.47 Å². The molecule has 4 heteroatoms. The summed E-state index contributed by atoms with van der Waals surface area (Å²) in [6.45, 7) is 0. The van der Waals surface area contributed by atoms with Crippen LogP contribution in [0.3, 0.4) is 0 Å². The molecule has 0 aliphatic rings. The van der Waals surface area contributed by atoms with Gasteiger partial charge in [-0.05, 0) is 75.2 Å². The minimum absolute atomic E-state index is 0.828. The first-order valence-corrected chi connectivity index (χ1v) is 11.2. The number of benzene rings is 5. The Hall–Kier alpha value is -3.50. The van der Waals surface area contributed by atoms with Gasteiger partial charge in [-0.15, -0.1) is 0 Å². The molecular formula is C28H22BrNO2. The molecule has 5 aromatic rings. The summed E-state index contributed by atoms with van der Waals surface area (Å²) in [7, 11) is 3.37. The van der Waals surface area contributed by atoms with Crippen molar-refractivity contribution in [3.63, 3.8) is 0 Å². The maximum absolute atomic E-state index is 5.41. The van der Waals surface area contributed by atoms with Gasteiger partial charge in [0.15, 0.2) is 0 Å². The van der Waals surface area contributed by atoms with Gasteiger partial charge in [-0.2, -0.15) is 0 Å². The van der Waals surface area contributed by atoms with E-state index in [1.807, 2.05) is 24.3 Å². The average Bonchev–Trinajstić information content (AvgIpc) is 2.87. The number of halogens is 1. The summed E-state index contributed by atoms with van der Waals surface area (Å²) < 4.78 is 11.9. The van der Waals surface area contributed by atoms with Crippen molar-refractivity contribution in [2.24, 2.45) is 0 Å². The maximum atomic E-state index is 5.41. The molecule has 5 aromatic carbocycles. The summed E-state index contributed by atoms with van der Waals surface area (Å²) in [5.74, 6) is 1.66. The van der Waals surface area contributed by atoms with E-state index in [0.717, 1.165) is 33.0 Å². The molecule has 0 fully saturated rings. The molecule has 0 radical (unpaired) electrons. The lowest BCUT2D eigenvalue weighted by Crippen LogP contribution is -2.11. The number of methoxy groups -OCH3 is 2. The zero-order valence-corrected chi connectivity index (χ0v) is 19.5. The summed E-state index contributed by atoms with van der Waals surface area (Å²) in [4.78, 5) is 2.30. The third kappa shape index (κ3) is 3.47. The largest absolute Gasteiger partial charge is 0.497 e. The topological polar surface area (TPSA) is 21.7 Å². The average molecular weight is 484 g/mol. The van der Waals surface area contributed by atoms with Crippen LogP contribution in [0.2, 0.25) is 0 Å². The van der Waals surface area contributed by atoms with Crippen LogP contribution in [0.1, 0.15) is 0 Å². The molecule has 0 aliphatic heterocycles. The van der Waals surface area contributed by atoms with Gasteiger partial charge in [0.2, 0.25) is 0 Å². The van der Waals surface area contributed by atoms with E-state index in [2.05, 4.69) is 93.6 Å². The van der Waals surface area contributed by atoms with Crippen molar-refractivity contribution in [2.75, 3.05) is 19.1 Å². The van der Waals surface area contributed by atoms with Crippen molar-refractivity contribution in [1.82, 2.24) is 0 Å². The Bertz CT molecular complexity index is 1290. The molecule has 0 saturated carbocycles. The Balaban J connectivity index is 1.87. The van der Waals surface area contributed by atoms with Crippen molar-refractivity contribution in [3.05, 3.63) is 102 Å². The Morgan fingerprint density at radius 2 is 0.906 bits per heavy atom. The van der Waals surface area contributed by atoms with E-state index >= 15 is 0 Å². The van der Waals surface area contributed by atoms with E-state index in [-0.39, 0.29) is 0 Å². The molecule has 3 nitrogen and oxygen atoms in total. The number of rotatable bonds is 5. The molecule has 0 unspecified atom stereocenters. The van der Waals surface area contributed by atoms with Gasteiger partial charge in [0.05, 0.1) is 19.9 Å². The molecule has 0 N–H and O–H groups in total. The molecule has 32 heavy (non-hydrogen) atoms. The lowest BCUT2D eigenvalue weighted by Gasteiger charge is -2.29. The zero-order valence-electron chi connectivity index (χ0n) is 17.9. The maximum Gasteiger partial charge on any atom is 0.119 e.